The van der Waals surface area contributed by atoms with E-state index in [9.17, 15) is 0 Å². The number of aromatic nitrogens is 1. The topological polar surface area (TPSA) is 39.9 Å². The highest BCUT2D eigenvalue weighted by molar-refractivity contribution is 7.07. The van der Waals surface area contributed by atoms with Gasteiger partial charge in [0.25, 0.3) is 0 Å². The summed E-state index contributed by atoms with van der Waals surface area (Å²) in [6, 6.07) is 7.46. The Kier molecular flexibility index (Phi) is 3.62. The molecule has 5 heteroatoms. The van der Waals surface area contributed by atoms with Gasteiger partial charge in [0.05, 0.1) is 28.3 Å². The number of benzene rings is 1. The molecule has 3 nitrogen and oxygen atoms in total. The second-order valence-electron chi connectivity index (χ2n) is 3.61. The summed E-state index contributed by atoms with van der Waals surface area (Å²) in [6.07, 6.45) is 0. The molecule has 0 saturated heterocycles. The zero-order chi connectivity index (χ0) is 12.3. The van der Waals surface area contributed by atoms with Gasteiger partial charge in [-0.25, -0.2) is 4.98 Å². The molecule has 17 heavy (non-hydrogen) atoms. The average molecular weight is 264 g/mol. The summed E-state index contributed by atoms with van der Waals surface area (Å²) >= 11 is 7.57. The summed E-state index contributed by atoms with van der Waals surface area (Å²) in [4.78, 5) is 6.27. The van der Waals surface area contributed by atoms with Crippen molar-refractivity contribution in [2.24, 2.45) is 0 Å². The normalized spacial score (nSPS) is 9.94. The van der Waals surface area contributed by atoms with Crippen LogP contribution < -0.4 is 4.90 Å². The first kappa shape index (κ1) is 11.9. The number of hydrogen-bond acceptors (Lipinski definition) is 4. The molecule has 0 fully saturated rings. The maximum atomic E-state index is 8.80. The molecule has 86 valence electrons. The first-order valence-corrected chi connectivity index (χ1v) is 6.30. The van der Waals surface area contributed by atoms with Gasteiger partial charge in [-0.05, 0) is 18.2 Å². The van der Waals surface area contributed by atoms with Crippen LogP contribution in [-0.2, 0) is 6.54 Å². The smallest absolute Gasteiger partial charge is 0.101 e. The molecule has 0 amide bonds. The Labute approximate surface area is 109 Å². The average Bonchev–Trinajstić information content (AvgIpc) is 2.81. The first-order valence-electron chi connectivity index (χ1n) is 4.98. The van der Waals surface area contributed by atoms with Crippen LogP contribution in [0.4, 0.5) is 5.69 Å². The summed E-state index contributed by atoms with van der Waals surface area (Å²) in [5.74, 6) is 0. The molecule has 1 heterocycles. The SMILES string of the molecule is CN(Cc1cscn1)c1ccc(C#N)c(Cl)c1. The zero-order valence-electron chi connectivity index (χ0n) is 9.22. The van der Waals surface area contributed by atoms with Crippen molar-refractivity contribution in [2.75, 3.05) is 11.9 Å². The number of anilines is 1. The van der Waals surface area contributed by atoms with Crippen LogP contribution in [0.3, 0.4) is 0 Å². The van der Waals surface area contributed by atoms with E-state index in [1.807, 2.05) is 35.0 Å². The van der Waals surface area contributed by atoms with Gasteiger partial charge in [-0.1, -0.05) is 11.6 Å². The van der Waals surface area contributed by atoms with E-state index in [1.165, 1.54) is 0 Å². The van der Waals surface area contributed by atoms with E-state index in [4.69, 9.17) is 16.9 Å². The van der Waals surface area contributed by atoms with E-state index >= 15 is 0 Å². The Morgan fingerprint density at radius 2 is 2.35 bits per heavy atom. The number of nitrogens with zero attached hydrogens (tertiary/aromatic N) is 3. The Balaban J connectivity index is 2.17. The predicted octanol–water partition coefficient (Wildman–Crippen LogP) is 3.30. The summed E-state index contributed by atoms with van der Waals surface area (Å²) in [5.41, 5.74) is 4.31. The maximum Gasteiger partial charge on any atom is 0.101 e. The van der Waals surface area contributed by atoms with E-state index in [-0.39, 0.29) is 0 Å². The number of halogens is 1. The Morgan fingerprint density at radius 1 is 1.53 bits per heavy atom. The Hall–Kier alpha value is -1.57. The molecular formula is C12H10ClN3S. The summed E-state index contributed by atoms with van der Waals surface area (Å²) in [7, 11) is 1.97. The molecule has 0 aliphatic heterocycles. The van der Waals surface area contributed by atoms with Crippen molar-refractivity contribution in [1.29, 1.82) is 5.26 Å². The molecule has 1 aromatic carbocycles. The van der Waals surface area contributed by atoms with Gasteiger partial charge in [0.2, 0.25) is 0 Å². The van der Waals surface area contributed by atoms with E-state index in [2.05, 4.69) is 4.98 Å². The van der Waals surface area contributed by atoms with Crippen LogP contribution >= 0.6 is 22.9 Å². The molecule has 0 atom stereocenters. The molecule has 0 N–H and O–H groups in total. The highest BCUT2D eigenvalue weighted by Crippen LogP contribution is 2.23. The van der Waals surface area contributed by atoms with Gasteiger partial charge in [-0.3, -0.25) is 0 Å². The fourth-order valence-electron chi connectivity index (χ4n) is 1.48. The van der Waals surface area contributed by atoms with Crippen LogP contribution in [0.5, 0.6) is 0 Å². The second kappa shape index (κ2) is 5.17. The quantitative estimate of drug-likeness (QED) is 0.853. The fourth-order valence-corrected chi connectivity index (χ4v) is 2.25. The van der Waals surface area contributed by atoms with Crippen LogP contribution in [-0.4, -0.2) is 12.0 Å². The van der Waals surface area contributed by atoms with Crippen LogP contribution in [0, 0.1) is 11.3 Å². The van der Waals surface area contributed by atoms with Crippen LogP contribution in [0.15, 0.2) is 29.1 Å². The number of hydrogen-bond donors (Lipinski definition) is 0. The van der Waals surface area contributed by atoms with Gasteiger partial charge in [0, 0.05) is 18.1 Å². The summed E-state index contributed by atoms with van der Waals surface area (Å²) in [5, 5.41) is 11.3. The summed E-state index contributed by atoms with van der Waals surface area (Å²) in [6.45, 7) is 0.728. The molecule has 2 aromatic rings. The van der Waals surface area contributed by atoms with Gasteiger partial charge < -0.3 is 4.90 Å². The second-order valence-corrected chi connectivity index (χ2v) is 4.74. The van der Waals surface area contributed by atoms with Crippen LogP contribution in [0.2, 0.25) is 5.02 Å². The van der Waals surface area contributed by atoms with Crippen LogP contribution in [0.1, 0.15) is 11.3 Å². The van der Waals surface area contributed by atoms with Gasteiger partial charge in [0.15, 0.2) is 0 Å². The minimum Gasteiger partial charge on any atom is -0.369 e. The largest absolute Gasteiger partial charge is 0.369 e. The minimum absolute atomic E-state index is 0.482. The summed E-state index contributed by atoms with van der Waals surface area (Å²) < 4.78 is 0. The van der Waals surface area contributed by atoms with Crippen molar-refractivity contribution >= 4 is 28.6 Å². The lowest BCUT2D eigenvalue weighted by molar-refractivity contribution is 0.895. The highest BCUT2D eigenvalue weighted by Gasteiger charge is 2.06. The van der Waals surface area contributed by atoms with E-state index in [0.717, 1.165) is 17.9 Å². The van der Waals surface area contributed by atoms with Crippen molar-refractivity contribution in [2.45, 2.75) is 6.54 Å². The van der Waals surface area contributed by atoms with E-state index in [1.54, 1.807) is 23.5 Å². The van der Waals surface area contributed by atoms with Crippen molar-refractivity contribution in [3.8, 4) is 6.07 Å². The molecule has 0 aliphatic rings. The van der Waals surface area contributed by atoms with Crippen LogP contribution in [0.25, 0.3) is 0 Å². The predicted molar refractivity (Wildman–Crippen MR) is 70.4 cm³/mol. The molecule has 2 rings (SSSR count). The number of nitriles is 1. The van der Waals surface area contributed by atoms with Crippen molar-refractivity contribution in [1.82, 2.24) is 4.98 Å². The van der Waals surface area contributed by atoms with Crippen molar-refractivity contribution < 1.29 is 0 Å². The Morgan fingerprint density at radius 3 is 2.94 bits per heavy atom. The van der Waals surface area contributed by atoms with Gasteiger partial charge in [-0.15, -0.1) is 11.3 Å². The molecule has 0 aliphatic carbocycles. The highest BCUT2D eigenvalue weighted by atomic mass is 35.5. The number of thiazole rings is 1. The third-order valence-electron chi connectivity index (χ3n) is 2.40. The molecule has 0 saturated carbocycles. The standard InChI is InChI=1S/C12H10ClN3S/c1-16(6-10-7-17-8-15-10)11-3-2-9(5-14)12(13)4-11/h2-4,7-8H,6H2,1H3. The fraction of sp³-hybridized carbons (Fsp3) is 0.167. The number of rotatable bonds is 3. The van der Waals surface area contributed by atoms with Crippen molar-refractivity contribution in [3.05, 3.63) is 45.4 Å². The van der Waals surface area contributed by atoms with Crippen molar-refractivity contribution in [3.63, 3.8) is 0 Å². The monoisotopic (exact) mass is 263 g/mol. The van der Waals surface area contributed by atoms with E-state index < -0.39 is 0 Å². The van der Waals surface area contributed by atoms with Gasteiger partial charge >= 0.3 is 0 Å². The third-order valence-corrected chi connectivity index (χ3v) is 3.34. The van der Waals surface area contributed by atoms with Gasteiger partial charge in [-0.2, -0.15) is 5.26 Å². The molecular weight excluding hydrogens is 254 g/mol. The minimum atomic E-state index is 0.482. The lowest BCUT2D eigenvalue weighted by Crippen LogP contribution is -2.16. The molecule has 0 bridgehead atoms. The van der Waals surface area contributed by atoms with E-state index in [0.29, 0.717) is 10.6 Å². The lowest BCUT2D eigenvalue weighted by Gasteiger charge is -2.18. The first-order chi connectivity index (χ1) is 8.20. The zero-order valence-corrected chi connectivity index (χ0v) is 10.8. The maximum absolute atomic E-state index is 8.80. The lowest BCUT2D eigenvalue weighted by atomic mass is 10.2. The third kappa shape index (κ3) is 2.76. The molecule has 0 unspecified atom stereocenters. The molecule has 1 aromatic heterocycles. The molecule has 0 radical (unpaired) electrons. The Bertz CT molecular complexity index is 545. The molecule has 0 spiro atoms. The van der Waals surface area contributed by atoms with Gasteiger partial charge in [0.1, 0.15) is 6.07 Å².